The molecule has 2 aromatic carbocycles. The molecule has 1 aliphatic carbocycles. The highest BCUT2D eigenvalue weighted by Gasteiger charge is 2.65. The van der Waals surface area contributed by atoms with Crippen LogP contribution in [0.3, 0.4) is 0 Å². The average molecular weight is 480 g/mol. The maximum absolute atomic E-state index is 15.4. The van der Waals surface area contributed by atoms with Gasteiger partial charge in [-0.15, -0.1) is 0 Å². The van der Waals surface area contributed by atoms with Gasteiger partial charge in [-0.2, -0.15) is 0 Å². The first-order valence-corrected chi connectivity index (χ1v) is 11.8. The minimum absolute atomic E-state index is 0.0966. The topological polar surface area (TPSA) is 55.2 Å². The van der Waals surface area contributed by atoms with Crippen molar-refractivity contribution >= 4 is 34.1 Å². The molecular weight excluding hydrogens is 455 g/mol. The van der Waals surface area contributed by atoms with Crippen LogP contribution in [0.5, 0.6) is 0 Å². The van der Waals surface area contributed by atoms with Crippen LogP contribution in [0.4, 0.5) is 10.1 Å². The molecule has 2 aliphatic heterocycles. The lowest BCUT2D eigenvalue weighted by Crippen LogP contribution is -2.74. The third kappa shape index (κ3) is 2.68. The number of halogens is 2. The summed E-state index contributed by atoms with van der Waals surface area (Å²) >= 11 is 6.53. The zero-order chi connectivity index (χ0) is 24.0. The monoisotopic (exact) mass is 479 g/mol. The van der Waals surface area contributed by atoms with Gasteiger partial charge in [-0.1, -0.05) is 24.2 Å². The van der Waals surface area contributed by atoms with E-state index < -0.39 is 11.4 Å². The predicted molar refractivity (Wildman–Crippen MR) is 130 cm³/mol. The summed E-state index contributed by atoms with van der Waals surface area (Å²) in [6.45, 7) is 7.14. The van der Waals surface area contributed by atoms with Gasteiger partial charge in [0.1, 0.15) is 17.7 Å². The first-order chi connectivity index (χ1) is 16.2. The van der Waals surface area contributed by atoms with E-state index in [1.807, 2.05) is 19.1 Å². The Morgan fingerprint density at radius 3 is 2.74 bits per heavy atom. The van der Waals surface area contributed by atoms with Crippen molar-refractivity contribution in [1.29, 1.82) is 0 Å². The summed E-state index contributed by atoms with van der Waals surface area (Å²) in [5.41, 5.74) is 3.29. The Morgan fingerprint density at radius 2 is 2.06 bits per heavy atom. The first kappa shape index (κ1) is 21.5. The van der Waals surface area contributed by atoms with Crippen LogP contribution < -0.4 is 10.0 Å². The van der Waals surface area contributed by atoms with Gasteiger partial charge in [0.15, 0.2) is 11.4 Å². The summed E-state index contributed by atoms with van der Waals surface area (Å²) in [5, 5.41) is 0.962. The minimum Gasteiger partial charge on any atom is -0.326 e. The number of hydrogen-bond acceptors (Lipinski definition) is 3. The third-order valence-electron chi connectivity index (χ3n) is 8.11. The van der Waals surface area contributed by atoms with Crippen LogP contribution >= 0.6 is 11.6 Å². The SMILES string of the molecule is C=CC(=O)N1CC2(C1)c1c(ccc(Cl)c1C)C[N+]2(C)c1cc(F)c2ncn(C3CC3)c(=O)c2c1. The van der Waals surface area contributed by atoms with Gasteiger partial charge < -0.3 is 4.90 Å². The predicted octanol–water partition coefficient (Wildman–Crippen LogP) is 4.21. The number of carbonyl (C=O) groups is 1. The van der Waals surface area contributed by atoms with Crippen LogP contribution in [-0.2, 0) is 16.9 Å². The van der Waals surface area contributed by atoms with Crippen LogP contribution in [-0.4, -0.2) is 40.5 Å². The minimum atomic E-state index is -0.508. The maximum Gasteiger partial charge on any atom is 0.261 e. The molecule has 1 atom stereocenters. The molecule has 2 fully saturated rings. The molecule has 8 heteroatoms. The van der Waals surface area contributed by atoms with E-state index in [1.165, 1.54) is 18.5 Å². The molecule has 3 aliphatic rings. The molecule has 0 bridgehead atoms. The first-order valence-electron chi connectivity index (χ1n) is 11.5. The fraction of sp³-hybridized carbons (Fsp3) is 0.346. The lowest BCUT2D eigenvalue weighted by atomic mass is 9.78. The standard InChI is InChI=1S/C26H25ClFN4O2/c1-4-22(33)30-12-26(13-30)23-15(2)20(27)8-5-16(23)11-32(26,3)18-9-19-24(21(28)10-18)29-14-31(25(19)34)17-6-7-17/h4-5,8-10,14,17H,1,6-7,11-13H2,2-3H3/q+1. The molecule has 6 rings (SSSR count). The Labute approximate surface area is 201 Å². The summed E-state index contributed by atoms with van der Waals surface area (Å²) in [6, 6.07) is 7.36. The number of fused-ring (bicyclic) bond motifs is 3. The zero-order valence-electron chi connectivity index (χ0n) is 19.1. The molecule has 1 aromatic heterocycles. The number of likely N-dealkylation sites (N-methyl/N-ethyl adjacent to an activating group) is 1. The molecule has 1 spiro atoms. The molecule has 1 saturated carbocycles. The number of aromatic nitrogens is 2. The highest BCUT2D eigenvalue weighted by Crippen LogP contribution is 2.54. The molecular formula is C26H25ClFN4O2+. The summed E-state index contributed by atoms with van der Waals surface area (Å²) in [4.78, 5) is 31.7. The molecule has 34 heavy (non-hydrogen) atoms. The molecule has 0 radical (unpaired) electrons. The Hall–Kier alpha value is -3.03. The van der Waals surface area contributed by atoms with Crippen LogP contribution in [0.25, 0.3) is 10.9 Å². The van der Waals surface area contributed by atoms with Crippen LogP contribution in [0.15, 0.2) is 48.0 Å². The van der Waals surface area contributed by atoms with Crippen LogP contribution in [0, 0.1) is 12.7 Å². The van der Waals surface area contributed by atoms with Crippen molar-refractivity contribution in [2.45, 2.75) is 37.9 Å². The Kier molecular flexibility index (Phi) is 4.42. The van der Waals surface area contributed by atoms with Crippen LogP contribution in [0.1, 0.15) is 35.6 Å². The number of likely N-dealkylation sites (tertiary alicyclic amines) is 1. The Morgan fingerprint density at radius 1 is 1.32 bits per heavy atom. The second kappa shape index (κ2) is 6.99. The van der Waals surface area contributed by atoms with Gasteiger partial charge in [0.05, 0.1) is 31.9 Å². The zero-order valence-corrected chi connectivity index (χ0v) is 19.9. The lowest BCUT2D eigenvalue weighted by Gasteiger charge is -2.56. The van der Waals surface area contributed by atoms with Gasteiger partial charge in [-0.25, -0.2) is 9.37 Å². The molecule has 0 N–H and O–H groups in total. The second-order valence-electron chi connectivity index (χ2n) is 10.00. The normalized spacial score (nSPS) is 22.6. The van der Waals surface area contributed by atoms with E-state index in [4.69, 9.17) is 11.6 Å². The third-order valence-corrected chi connectivity index (χ3v) is 8.52. The highest BCUT2D eigenvalue weighted by atomic mass is 35.5. The Bertz CT molecular complexity index is 1470. The largest absolute Gasteiger partial charge is 0.326 e. The van der Waals surface area contributed by atoms with Crippen molar-refractivity contribution in [2.75, 3.05) is 20.1 Å². The lowest BCUT2D eigenvalue weighted by molar-refractivity contribution is -0.139. The van der Waals surface area contributed by atoms with Gasteiger partial charge in [0.2, 0.25) is 5.91 Å². The second-order valence-corrected chi connectivity index (χ2v) is 10.4. The molecule has 3 heterocycles. The van der Waals surface area contributed by atoms with E-state index in [0.717, 1.165) is 29.5 Å². The van der Waals surface area contributed by atoms with E-state index in [-0.39, 0.29) is 23.0 Å². The van der Waals surface area contributed by atoms with Gasteiger partial charge in [-0.05, 0) is 37.5 Å². The van der Waals surface area contributed by atoms with Crippen molar-refractivity contribution in [3.8, 4) is 0 Å². The molecule has 6 nitrogen and oxygen atoms in total. The molecule has 3 aromatic rings. The van der Waals surface area contributed by atoms with E-state index in [0.29, 0.717) is 40.2 Å². The van der Waals surface area contributed by atoms with Gasteiger partial charge in [0, 0.05) is 34.3 Å². The van der Waals surface area contributed by atoms with Crippen molar-refractivity contribution in [1.82, 2.24) is 18.9 Å². The van der Waals surface area contributed by atoms with Crippen molar-refractivity contribution in [2.24, 2.45) is 0 Å². The molecule has 1 unspecified atom stereocenters. The van der Waals surface area contributed by atoms with Crippen molar-refractivity contribution in [3.63, 3.8) is 0 Å². The smallest absolute Gasteiger partial charge is 0.261 e. The summed E-state index contributed by atoms with van der Waals surface area (Å²) < 4.78 is 17.3. The average Bonchev–Trinajstić information content (AvgIpc) is 3.58. The Balaban J connectivity index is 1.56. The number of benzene rings is 2. The summed E-state index contributed by atoms with van der Waals surface area (Å²) in [5.74, 6) is -0.641. The van der Waals surface area contributed by atoms with Crippen molar-refractivity contribution < 1.29 is 9.18 Å². The van der Waals surface area contributed by atoms with Gasteiger partial charge in [-0.3, -0.25) is 18.6 Å². The van der Waals surface area contributed by atoms with E-state index >= 15 is 4.39 Å². The number of quaternary nitrogens is 1. The van der Waals surface area contributed by atoms with E-state index in [2.05, 4.69) is 18.6 Å². The summed E-state index contributed by atoms with van der Waals surface area (Å²) in [6.07, 6.45) is 4.66. The number of rotatable bonds is 3. The fourth-order valence-corrected chi connectivity index (χ4v) is 6.19. The maximum atomic E-state index is 15.4. The molecule has 174 valence electrons. The van der Waals surface area contributed by atoms with Gasteiger partial charge in [0.25, 0.3) is 5.56 Å². The summed E-state index contributed by atoms with van der Waals surface area (Å²) in [7, 11) is 2.06. The van der Waals surface area contributed by atoms with E-state index in [1.54, 1.807) is 15.5 Å². The fourth-order valence-electron chi connectivity index (χ4n) is 6.03. The highest BCUT2D eigenvalue weighted by molar-refractivity contribution is 6.31. The van der Waals surface area contributed by atoms with Crippen molar-refractivity contribution in [3.05, 3.63) is 81.1 Å². The molecule has 1 amide bonds. The quantitative estimate of drug-likeness (QED) is 0.418. The van der Waals surface area contributed by atoms with Crippen LogP contribution in [0.2, 0.25) is 5.02 Å². The number of amides is 1. The van der Waals surface area contributed by atoms with Gasteiger partial charge >= 0.3 is 0 Å². The number of hydrogen-bond donors (Lipinski definition) is 0. The van der Waals surface area contributed by atoms with E-state index in [9.17, 15) is 9.59 Å². The number of carbonyl (C=O) groups excluding carboxylic acids is 1. The number of nitrogens with zero attached hydrogens (tertiary/aromatic N) is 4. The molecule has 1 saturated heterocycles.